The van der Waals surface area contributed by atoms with Crippen molar-refractivity contribution >= 4 is 15.7 Å². The van der Waals surface area contributed by atoms with Crippen LogP contribution >= 0.6 is 0 Å². The van der Waals surface area contributed by atoms with Crippen molar-refractivity contribution in [3.05, 3.63) is 54.0 Å². The lowest BCUT2D eigenvalue weighted by Crippen LogP contribution is -2.29. The lowest BCUT2D eigenvalue weighted by Gasteiger charge is -2.05. The Balaban J connectivity index is 1.97. The summed E-state index contributed by atoms with van der Waals surface area (Å²) < 4.78 is 29.1. The summed E-state index contributed by atoms with van der Waals surface area (Å²) in [4.78, 5) is 11.8. The fraction of sp³-hybridized carbons (Fsp3) is 0.214. The third kappa shape index (κ3) is 3.71. The number of amides is 1. The summed E-state index contributed by atoms with van der Waals surface area (Å²) in [7, 11) is -3.61. The highest BCUT2D eigenvalue weighted by molar-refractivity contribution is 7.92. The molecule has 1 aromatic heterocycles. The summed E-state index contributed by atoms with van der Waals surface area (Å²) in [6.07, 6.45) is 1.49. The van der Waals surface area contributed by atoms with Gasteiger partial charge >= 0.3 is 0 Å². The van der Waals surface area contributed by atoms with Gasteiger partial charge in [0.15, 0.2) is 9.84 Å². The van der Waals surface area contributed by atoms with Crippen molar-refractivity contribution in [1.82, 2.24) is 5.32 Å². The van der Waals surface area contributed by atoms with E-state index < -0.39 is 21.5 Å². The lowest BCUT2D eigenvalue weighted by molar-refractivity contribution is -0.118. The quantitative estimate of drug-likeness (QED) is 0.910. The van der Waals surface area contributed by atoms with Gasteiger partial charge in [0.25, 0.3) is 0 Å². The molecule has 106 valence electrons. The first kappa shape index (κ1) is 14.3. The Kier molecular flexibility index (Phi) is 4.24. The van der Waals surface area contributed by atoms with Crippen LogP contribution in [0.25, 0.3) is 0 Å². The number of nitrogens with one attached hydrogen (secondary N) is 1. The second kappa shape index (κ2) is 5.92. The zero-order valence-corrected chi connectivity index (χ0v) is 11.8. The van der Waals surface area contributed by atoms with Crippen molar-refractivity contribution in [1.29, 1.82) is 0 Å². The number of carbonyl (C=O) groups is 1. The van der Waals surface area contributed by atoms with Gasteiger partial charge in [-0.3, -0.25) is 4.79 Å². The monoisotopic (exact) mass is 293 g/mol. The second-order valence-electron chi connectivity index (χ2n) is 4.43. The van der Waals surface area contributed by atoms with E-state index in [4.69, 9.17) is 4.42 Å². The maximum absolute atomic E-state index is 12.0. The standard InChI is InChI=1S/C14H15NO4S/c1-11-4-6-13(7-5-11)20(17,18)10-14(16)15-9-12-3-2-8-19-12/h2-8H,9-10H2,1H3,(H,15,16). The molecule has 6 heteroatoms. The Hall–Kier alpha value is -2.08. The second-order valence-corrected chi connectivity index (χ2v) is 6.42. The minimum Gasteiger partial charge on any atom is -0.467 e. The van der Waals surface area contributed by atoms with Crippen LogP contribution in [0.5, 0.6) is 0 Å². The molecule has 0 radical (unpaired) electrons. The van der Waals surface area contributed by atoms with Crippen LogP contribution in [0.3, 0.4) is 0 Å². The van der Waals surface area contributed by atoms with Crippen LogP contribution in [-0.2, 0) is 21.2 Å². The van der Waals surface area contributed by atoms with Gasteiger partial charge in [0.1, 0.15) is 11.5 Å². The van der Waals surface area contributed by atoms with Crippen LogP contribution in [0.2, 0.25) is 0 Å². The van der Waals surface area contributed by atoms with Crippen LogP contribution < -0.4 is 5.32 Å². The SMILES string of the molecule is Cc1ccc(S(=O)(=O)CC(=O)NCc2ccco2)cc1. The number of carbonyl (C=O) groups excluding carboxylic acids is 1. The van der Waals surface area contributed by atoms with Gasteiger partial charge in [-0.15, -0.1) is 0 Å². The molecule has 0 saturated carbocycles. The number of sulfone groups is 1. The minimum atomic E-state index is -3.61. The molecule has 0 bridgehead atoms. The smallest absolute Gasteiger partial charge is 0.235 e. The van der Waals surface area contributed by atoms with E-state index in [1.165, 1.54) is 18.4 Å². The topological polar surface area (TPSA) is 76.4 Å². The van der Waals surface area contributed by atoms with Gasteiger partial charge in [-0.05, 0) is 31.2 Å². The number of furan rings is 1. The number of hydrogen-bond donors (Lipinski definition) is 1. The Morgan fingerprint density at radius 1 is 1.20 bits per heavy atom. The molecule has 0 saturated heterocycles. The van der Waals surface area contributed by atoms with Crippen molar-refractivity contribution in [2.75, 3.05) is 5.75 Å². The van der Waals surface area contributed by atoms with E-state index >= 15 is 0 Å². The molecule has 1 heterocycles. The van der Waals surface area contributed by atoms with E-state index in [0.717, 1.165) is 5.56 Å². The first-order chi connectivity index (χ1) is 9.47. The summed E-state index contributed by atoms with van der Waals surface area (Å²) in [6, 6.07) is 9.81. The molecule has 0 unspecified atom stereocenters. The van der Waals surface area contributed by atoms with Crippen molar-refractivity contribution in [3.8, 4) is 0 Å². The number of benzene rings is 1. The Bertz CT molecular complexity index is 672. The van der Waals surface area contributed by atoms with Gasteiger partial charge in [-0.25, -0.2) is 8.42 Å². The van der Waals surface area contributed by atoms with Gasteiger partial charge in [-0.1, -0.05) is 17.7 Å². The molecule has 2 rings (SSSR count). The van der Waals surface area contributed by atoms with Gasteiger partial charge < -0.3 is 9.73 Å². The Morgan fingerprint density at radius 3 is 2.50 bits per heavy atom. The zero-order valence-electron chi connectivity index (χ0n) is 11.0. The van der Waals surface area contributed by atoms with Crippen LogP contribution in [0.4, 0.5) is 0 Å². The first-order valence-corrected chi connectivity index (χ1v) is 7.71. The van der Waals surface area contributed by atoms with Crippen LogP contribution in [-0.4, -0.2) is 20.1 Å². The average molecular weight is 293 g/mol. The number of rotatable bonds is 5. The third-order valence-electron chi connectivity index (χ3n) is 2.74. The van der Waals surface area contributed by atoms with E-state index in [1.54, 1.807) is 24.3 Å². The maximum Gasteiger partial charge on any atom is 0.235 e. The summed E-state index contributed by atoms with van der Waals surface area (Å²) in [5, 5.41) is 2.51. The van der Waals surface area contributed by atoms with Gasteiger partial charge in [0, 0.05) is 0 Å². The number of aryl methyl sites for hydroxylation is 1. The Labute approximate surface area is 117 Å². The summed E-state index contributed by atoms with van der Waals surface area (Å²) >= 11 is 0. The van der Waals surface area contributed by atoms with E-state index in [0.29, 0.717) is 5.76 Å². The summed E-state index contributed by atoms with van der Waals surface area (Å²) in [6.45, 7) is 2.04. The van der Waals surface area contributed by atoms with E-state index in [2.05, 4.69) is 5.32 Å². The third-order valence-corrected chi connectivity index (χ3v) is 4.37. The number of hydrogen-bond acceptors (Lipinski definition) is 4. The van der Waals surface area contributed by atoms with Crippen molar-refractivity contribution < 1.29 is 17.6 Å². The van der Waals surface area contributed by atoms with Crippen molar-refractivity contribution in [2.24, 2.45) is 0 Å². The molecule has 1 amide bonds. The van der Waals surface area contributed by atoms with Gasteiger partial charge in [-0.2, -0.15) is 0 Å². The summed E-state index contributed by atoms with van der Waals surface area (Å²) in [5.41, 5.74) is 0.964. The van der Waals surface area contributed by atoms with E-state index in [1.807, 2.05) is 6.92 Å². The Morgan fingerprint density at radius 2 is 1.90 bits per heavy atom. The zero-order chi connectivity index (χ0) is 14.6. The molecule has 2 aromatic rings. The van der Waals surface area contributed by atoms with E-state index in [-0.39, 0.29) is 11.4 Å². The van der Waals surface area contributed by atoms with Crippen LogP contribution in [0.1, 0.15) is 11.3 Å². The highest BCUT2D eigenvalue weighted by atomic mass is 32.2. The molecule has 0 atom stereocenters. The van der Waals surface area contributed by atoms with Crippen LogP contribution in [0.15, 0.2) is 52.0 Å². The highest BCUT2D eigenvalue weighted by Gasteiger charge is 2.19. The largest absolute Gasteiger partial charge is 0.467 e. The van der Waals surface area contributed by atoms with Crippen LogP contribution in [0, 0.1) is 6.92 Å². The molecule has 20 heavy (non-hydrogen) atoms. The molecular formula is C14H15NO4S. The van der Waals surface area contributed by atoms with Gasteiger partial charge in [0.05, 0.1) is 17.7 Å². The summed E-state index contributed by atoms with van der Waals surface area (Å²) in [5.74, 6) is -0.551. The molecule has 5 nitrogen and oxygen atoms in total. The first-order valence-electron chi connectivity index (χ1n) is 6.06. The minimum absolute atomic E-state index is 0.149. The fourth-order valence-corrected chi connectivity index (χ4v) is 2.82. The maximum atomic E-state index is 12.0. The molecule has 0 aliphatic heterocycles. The van der Waals surface area contributed by atoms with Gasteiger partial charge in [0.2, 0.25) is 5.91 Å². The highest BCUT2D eigenvalue weighted by Crippen LogP contribution is 2.12. The normalized spacial score (nSPS) is 11.2. The predicted octanol–water partition coefficient (Wildman–Crippen LogP) is 1.68. The predicted molar refractivity (Wildman–Crippen MR) is 73.8 cm³/mol. The lowest BCUT2D eigenvalue weighted by atomic mass is 10.2. The molecule has 1 aromatic carbocycles. The molecule has 0 aliphatic carbocycles. The van der Waals surface area contributed by atoms with Crippen molar-refractivity contribution in [3.63, 3.8) is 0 Å². The fourth-order valence-electron chi connectivity index (χ4n) is 1.65. The van der Waals surface area contributed by atoms with E-state index in [9.17, 15) is 13.2 Å². The molecule has 0 aliphatic rings. The molecular weight excluding hydrogens is 278 g/mol. The molecule has 1 N–H and O–H groups in total. The molecule has 0 spiro atoms. The van der Waals surface area contributed by atoms with Crippen molar-refractivity contribution in [2.45, 2.75) is 18.4 Å². The average Bonchev–Trinajstić information content (AvgIpc) is 2.89. The molecule has 0 fully saturated rings.